The van der Waals surface area contributed by atoms with Gasteiger partial charge in [0.1, 0.15) is 28.5 Å². The highest BCUT2D eigenvalue weighted by Gasteiger charge is 2.31. The summed E-state index contributed by atoms with van der Waals surface area (Å²) in [5.74, 6) is 4.94. The van der Waals surface area contributed by atoms with Crippen LogP contribution in [0.5, 0.6) is 0 Å². The van der Waals surface area contributed by atoms with Crippen molar-refractivity contribution in [2.24, 2.45) is 0 Å². The lowest BCUT2D eigenvalue weighted by Crippen LogP contribution is -2.03. The summed E-state index contributed by atoms with van der Waals surface area (Å²) in [5.41, 5.74) is 42.7. The summed E-state index contributed by atoms with van der Waals surface area (Å²) in [6, 6.07) is 169. The van der Waals surface area contributed by atoms with Crippen molar-refractivity contribution in [3.63, 3.8) is 0 Å². The van der Waals surface area contributed by atoms with Crippen LogP contribution in [-0.2, 0) is 19.3 Å². The fourth-order valence-electron chi connectivity index (χ4n) is 20.3. The molecule has 14 heteroatoms. The van der Waals surface area contributed by atoms with Crippen LogP contribution in [0.4, 0.5) is 0 Å². The SMILES string of the molecule is c1ccc(-c2ccc(-c3cccc4c3Cc3c(-c5cccc(-c6nc(-c7ccccc7)nc(-c7ccccc7)n6)n5)cccc3-4)cc2)cc1.c1ccc(-c2ccc(-c3nc(-c4ccccc4)nc(-c4cccc(-c5cccc6c5Cc5c(-c7ccccc7)cccc5-6)n4)n3)nc2)cc1.c1ccc(-c2cccc(-c3nc(-c4ccccc4)nc(-c4cccc(-c5cccc6c5Cc5c(-c7ccccc7)cccc5-6)n4)n3)n2)cc1. The molecule has 0 radical (unpaired) electrons. The molecule has 0 bridgehead atoms. The maximum absolute atomic E-state index is 5.20. The Balaban J connectivity index is 0.000000115. The van der Waals surface area contributed by atoms with Crippen LogP contribution in [-0.4, -0.2) is 69.8 Å². The molecule has 8 heterocycles. The van der Waals surface area contributed by atoms with Gasteiger partial charge in [0, 0.05) is 56.3 Å². The average Bonchev–Trinajstić information content (AvgIpc) is 1.61. The molecule has 8 aromatic heterocycles. The maximum Gasteiger partial charge on any atom is 0.182 e. The highest BCUT2D eigenvalue weighted by atomic mass is 15.1. The van der Waals surface area contributed by atoms with Crippen molar-refractivity contribution in [3.05, 3.63) is 531 Å². The molecule has 0 unspecified atom stereocenters. The number of aromatic nitrogens is 14. The quantitative estimate of drug-likeness (QED) is 0.0791. The summed E-state index contributed by atoms with van der Waals surface area (Å²) >= 11 is 0. The van der Waals surface area contributed by atoms with E-state index in [-0.39, 0.29) is 0 Å². The minimum Gasteiger partial charge on any atom is -0.252 e. The first kappa shape index (κ1) is 88.7. The number of pyridine rings is 5. The van der Waals surface area contributed by atoms with Gasteiger partial charge < -0.3 is 0 Å². The van der Waals surface area contributed by atoms with Crippen molar-refractivity contribution in [3.8, 4) is 237 Å². The fraction of sp³-hybridized carbons (Fsp3) is 0.0226. The van der Waals surface area contributed by atoms with Crippen LogP contribution in [0.15, 0.2) is 498 Å². The first-order valence-electron chi connectivity index (χ1n) is 49.3. The van der Waals surface area contributed by atoms with E-state index in [1.54, 1.807) is 0 Å². The Labute approximate surface area is 851 Å². The van der Waals surface area contributed by atoms with Gasteiger partial charge in [-0.05, 0) is 191 Å². The molecular formula is C133H88N14. The van der Waals surface area contributed by atoms with Crippen molar-refractivity contribution in [2.45, 2.75) is 19.3 Å². The summed E-state index contributed by atoms with van der Waals surface area (Å²) in [4.78, 5) is 69.6. The second-order valence-electron chi connectivity index (χ2n) is 36.4. The standard InChI is InChI=1S/C45H30N4.2C44H29N5/c1-4-13-30(14-5-1)31-25-27-32(28-26-31)35-19-10-20-36-37-21-11-22-38(40(37)29-39(35)36)41-23-12-24-42(46-41)45-48-43(33-15-6-2-7-16-33)47-44(49-45)34-17-8-3-9-18-34;1-4-14-29(15-5-1)32-20-10-21-33-34-22-11-23-35(37(34)28-36(32)33)39-25-13-27-41(46-39)44-48-42(31-18-8-3-9-19-31)47-43(49-44)40-26-12-24-38(45-40)30-16-6-2-7-17-30;1-4-13-29(14-5-1)32-25-26-40(45-28-32)43-47-42(31-17-8-3-9-18-31)48-44(49-43)41-24-12-23-39(46-41)36-22-11-21-35-34-20-10-19-33(37(34)27-38(35)36)30-15-6-2-7-16-30/h1-28H,29H2;1-27H,28H2;1-26,28H,27H2. The van der Waals surface area contributed by atoms with Crippen LogP contribution in [0.3, 0.4) is 0 Å². The summed E-state index contributed by atoms with van der Waals surface area (Å²) in [5, 5.41) is 0. The zero-order valence-corrected chi connectivity index (χ0v) is 79.7. The molecule has 14 nitrogen and oxygen atoms in total. The number of hydrogen-bond acceptors (Lipinski definition) is 14. The van der Waals surface area contributed by atoms with E-state index in [4.69, 9.17) is 69.8 Å². The van der Waals surface area contributed by atoms with E-state index in [2.05, 4.69) is 273 Å². The van der Waals surface area contributed by atoms with Gasteiger partial charge >= 0.3 is 0 Å². The van der Waals surface area contributed by atoms with E-state index in [9.17, 15) is 0 Å². The lowest BCUT2D eigenvalue weighted by Gasteiger charge is -2.11. The summed E-state index contributed by atoms with van der Waals surface area (Å²) in [7, 11) is 0. The van der Waals surface area contributed by atoms with E-state index < -0.39 is 0 Å². The molecule has 3 aliphatic rings. The van der Waals surface area contributed by atoms with Gasteiger partial charge in [-0.3, -0.25) is 4.98 Å². The third-order valence-electron chi connectivity index (χ3n) is 27.4. The second-order valence-corrected chi connectivity index (χ2v) is 36.4. The van der Waals surface area contributed by atoms with Gasteiger partial charge in [0.15, 0.2) is 52.4 Å². The predicted molar refractivity (Wildman–Crippen MR) is 591 cm³/mol. The third kappa shape index (κ3) is 18.1. The molecule has 3 aliphatic carbocycles. The highest BCUT2D eigenvalue weighted by molar-refractivity contribution is 5.94. The van der Waals surface area contributed by atoms with Crippen molar-refractivity contribution in [2.75, 3.05) is 0 Å². The van der Waals surface area contributed by atoms with Gasteiger partial charge in [-0.2, -0.15) is 0 Å². The molecule has 0 amide bonds. The molecule has 0 saturated heterocycles. The molecule has 0 aliphatic heterocycles. The Kier molecular flexibility index (Phi) is 24.0. The minimum absolute atomic E-state index is 0.498. The summed E-state index contributed by atoms with van der Waals surface area (Å²) in [6.45, 7) is 0. The van der Waals surface area contributed by atoms with Crippen LogP contribution in [0, 0.1) is 0 Å². The molecule has 24 aromatic rings. The van der Waals surface area contributed by atoms with Gasteiger partial charge in [0.05, 0.1) is 22.8 Å². The first-order valence-corrected chi connectivity index (χ1v) is 49.3. The Hall–Kier alpha value is -19.7. The molecule has 0 atom stereocenters. The zero-order chi connectivity index (χ0) is 97.7. The Bertz CT molecular complexity index is 8950. The smallest absolute Gasteiger partial charge is 0.182 e. The van der Waals surface area contributed by atoms with Crippen LogP contribution < -0.4 is 0 Å². The lowest BCUT2D eigenvalue weighted by atomic mass is 9.94. The fourth-order valence-corrected chi connectivity index (χ4v) is 20.3. The van der Waals surface area contributed by atoms with E-state index in [1.807, 2.05) is 225 Å². The Morgan fingerprint density at radius 2 is 0.293 bits per heavy atom. The number of rotatable bonds is 18. The number of benzene rings is 16. The normalized spacial score (nSPS) is 11.6. The first-order chi connectivity index (χ1) is 72.8. The van der Waals surface area contributed by atoms with Crippen molar-refractivity contribution in [1.82, 2.24) is 69.8 Å². The summed E-state index contributed by atoms with van der Waals surface area (Å²) < 4.78 is 0. The topological polar surface area (TPSA) is 180 Å². The third-order valence-corrected chi connectivity index (χ3v) is 27.4. The maximum atomic E-state index is 5.20. The average molecular weight is 1880 g/mol. The van der Waals surface area contributed by atoms with E-state index in [0.29, 0.717) is 80.9 Å². The minimum atomic E-state index is 0.498. The molecule has 690 valence electrons. The van der Waals surface area contributed by atoms with Crippen LogP contribution in [0.25, 0.3) is 237 Å². The van der Waals surface area contributed by atoms with Crippen LogP contribution in [0.2, 0.25) is 0 Å². The second kappa shape index (κ2) is 39.8. The molecule has 0 N–H and O–H groups in total. The van der Waals surface area contributed by atoms with E-state index >= 15 is 0 Å². The molecule has 147 heavy (non-hydrogen) atoms. The molecule has 0 spiro atoms. The molecular weight excluding hydrogens is 1790 g/mol. The highest BCUT2D eigenvalue weighted by Crippen LogP contribution is 2.50. The van der Waals surface area contributed by atoms with Gasteiger partial charge in [-0.1, -0.05) is 437 Å². The molecule has 27 rings (SSSR count). The molecule has 0 fully saturated rings. The lowest BCUT2D eigenvalue weighted by molar-refractivity contribution is 1.05. The van der Waals surface area contributed by atoms with E-state index in [1.165, 1.54) is 111 Å². The van der Waals surface area contributed by atoms with Gasteiger partial charge in [0.25, 0.3) is 0 Å². The van der Waals surface area contributed by atoms with Crippen LogP contribution >= 0.6 is 0 Å². The monoisotopic (exact) mass is 1880 g/mol. The molecule has 16 aromatic carbocycles. The van der Waals surface area contributed by atoms with Gasteiger partial charge in [0.2, 0.25) is 0 Å². The van der Waals surface area contributed by atoms with Crippen molar-refractivity contribution < 1.29 is 0 Å². The predicted octanol–water partition coefficient (Wildman–Crippen LogP) is 31.3. The number of hydrogen-bond donors (Lipinski definition) is 0. The Morgan fingerprint density at radius 1 is 0.102 bits per heavy atom. The molecule has 0 saturated carbocycles. The van der Waals surface area contributed by atoms with Gasteiger partial charge in [-0.25, -0.2) is 64.8 Å². The largest absolute Gasteiger partial charge is 0.252 e. The van der Waals surface area contributed by atoms with Crippen molar-refractivity contribution >= 4 is 0 Å². The van der Waals surface area contributed by atoms with E-state index in [0.717, 1.165) is 97.7 Å². The number of fused-ring (bicyclic) bond motifs is 9. The zero-order valence-electron chi connectivity index (χ0n) is 79.7. The van der Waals surface area contributed by atoms with Crippen molar-refractivity contribution in [1.29, 1.82) is 0 Å². The number of nitrogens with zero attached hydrogens (tertiary/aromatic N) is 14. The van der Waals surface area contributed by atoms with Gasteiger partial charge in [-0.15, -0.1) is 0 Å². The Morgan fingerprint density at radius 3 is 0.592 bits per heavy atom. The summed E-state index contributed by atoms with van der Waals surface area (Å²) in [6.07, 6.45) is 4.39. The van der Waals surface area contributed by atoms with Crippen LogP contribution in [0.1, 0.15) is 33.4 Å².